The van der Waals surface area contributed by atoms with Crippen LogP contribution < -0.4 is 15.4 Å². The Morgan fingerprint density at radius 2 is 2.14 bits per heavy atom. The van der Waals surface area contributed by atoms with Crippen LogP contribution in [0.5, 0.6) is 5.75 Å². The van der Waals surface area contributed by atoms with Gasteiger partial charge < -0.3 is 15.4 Å². The molecule has 0 unspecified atom stereocenters. The van der Waals surface area contributed by atoms with Crippen molar-refractivity contribution < 1.29 is 4.74 Å². The van der Waals surface area contributed by atoms with Gasteiger partial charge in [-0.1, -0.05) is 6.07 Å². The van der Waals surface area contributed by atoms with Crippen LogP contribution >= 0.6 is 0 Å². The van der Waals surface area contributed by atoms with Crippen LogP contribution in [-0.2, 0) is 0 Å². The quantitative estimate of drug-likeness (QED) is 0.625. The van der Waals surface area contributed by atoms with Crippen molar-refractivity contribution in [2.75, 3.05) is 38.1 Å². The number of benzene rings is 1. The third kappa shape index (κ3) is 3.21. The Hall–Kier alpha value is -2.64. The number of piperazine rings is 1. The van der Waals surface area contributed by atoms with E-state index in [1.165, 1.54) is 5.56 Å². The average Bonchev–Trinajstić information content (AvgIpc) is 3.11. The third-order valence-corrected chi connectivity index (χ3v) is 5.74. The van der Waals surface area contributed by atoms with Crippen LogP contribution in [-0.4, -0.2) is 64.4 Å². The molecule has 7 nitrogen and oxygen atoms in total. The fourth-order valence-corrected chi connectivity index (χ4v) is 4.13. The van der Waals surface area contributed by atoms with Crippen molar-refractivity contribution in [1.82, 2.24) is 24.8 Å². The summed E-state index contributed by atoms with van der Waals surface area (Å²) in [6.07, 6.45) is 3.85. The van der Waals surface area contributed by atoms with Crippen molar-refractivity contribution in [3.63, 3.8) is 0 Å². The van der Waals surface area contributed by atoms with E-state index < -0.39 is 0 Å². The van der Waals surface area contributed by atoms with E-state index in [9.17, 15) is 0 Å². The normalized spacial score (nSPS) is 22.9. The lowest BCUT2D eigenvalue weighted by Crippen LogP contribution is -2.58. The standard InChI is InChI=1S/C21H26N6O/c1-14-3-4-17-9-18(14)19-11-24-27-7-5-20(25-21(19)27)22-6-8-26-12-15(2)23-10-16(26)13-28-17/h3-5,7,9,11,15-16,23H,6,8,10,12-13H2,1-2H3,(H,22,25)/t15-,16-/m0/s1. The third-order valence-electron chi connectivity index (χ3n) is 5.74. The minimum atomic E-state index is 0.354. The molecule has 4 bridgehead atoms. The molecule has 1 fully saturated rings. The SMILES string of the molecule is Cc1ccc2cc1-c1cnn3ccc(nc13)NCCN1C[C@H](C)NC[C@H]1CO2. The van der Waals surface area contributed by atoms with Crippen LogP contribution in [0.2, 0.25) is 0 Å². The molecule has 2 aliphatic rings. The maximum absolute atomic E-state index is 6.23. The highest BCUT2D eigenvalue weighted by Gasteiger charge is 2.26. The van der Waals surface area contributed by atoms with Gasteiger partial charge in [-0.2, -0.15) is 5.10 Å². The molecule has 0 radical (unpaired) electrons. The first kappa shape index (κ1) is 17.5. The highest BCUT2D eigenvalue weighted by Crippen LogP contribution is 2.31. The molecule has 4 heterocycles. The zero-order chi connectivity index (χ0) is 19.1. The number of hydrogen-bond donors (Lipinski definition) is 2. The second kappa shape index (κ2) is 7.07. The van der Waals surface area contributed by atoms with Crippen LogP contribution in [0.3, 0.4) is 0 Å². The molecule has 0 spiro atoms. The van der Waals surface area contributed by atoms with Gasteiger partial charge in [0.1, 0.15) is 18.2 Å². The summed E-state index contributed by atoms with van der Waals surface area (Å²) in [6, 6.07) is 9.11. The zero-order valence-corrected chi connectivity index (χ0v) is 16.4. The van der Waals surface area contributed by atoms with E-state index in [4.69, 9.17) is 9.72 Å². The van der Waals surface area contributed by atoms with Crippen molar-refractivity contribution in [2.45, 2.75) is 25.9 Å². The number of aromatic nitrogens is 3. The number of hydrogen-bond acceptors (Lipinski definition) is 6. The van der Waals surface area contributed by atoms with E-state index in [0.717, 1.165) is 54.5 Å². The first-order valence-corrected chi connectivity index (χ1v) is 9.97. The van der Waals surface area contributed by atoms with E-state index in [1.807, 2.05) is 23.0 Å². The van der Waals surface area contributed by atoms with Gasteiger partial charge in [0.05, 0.1) is 12.2 Å². The second-order valence-electron chi connectivity index (χ2n) is 7.81. The molecule has 7 heteroatoms. The smallest absolute Gasteiger partial charge is 0.165 e. The van der Waals surface area contributed by atoms with E-state index in [0.29, 0.717) is 18.7 Å². The van der Waals surface area contributed by atoms with Gasteiger partial charge >= 0.3 is 0 Å². The lowest BCUT2D eigenvalue weighted by atomic mass is 10.0. The predicted octanol–water partition coefficient (Wildman–Crippen LogP) is 2.17. The number of fused-ring (bicyclic) bond motifs is 5. The minimum absolute atomic E-state index is 0.354. The molecule has 5 rings (SSSR count). The van der Waals surface area contributed by atoms with Crippen LogP contribution in [0.1, 0.15) is 12.5 Å². The van der Waals surface area contributed by atoms with Crippen molar-refractivity contribution >= 4 is 11.5 Å². The fraction of sp³-hybridized carbons (Fsp3) is 0.429. The van der Waals surface area contributed by atoms with Gasteiger partial charge in [-0.15, -0.1) is 0 Å². The fourth-order valence-electron chi connectivity index (χ4n) is 4.13. The molecule has 1 aromatic carbocycles. The molecule has 0 aliphatic carbocycles. The summed E-state index contributed by atoms with van der Waals surface area (Å²) in [7, 11) is 0. The Bertz CT molecular complexity index is 1000. The molecule has 0 saturated carbocycles. The summed E-state index contributed by atoms with van der Waals surface area (Å²) < 4.78 is 8.06. The maximum Gasteiger partial charge on any atom is 0.165 e. The monoisotopic (exact) mass is 378 g/mol. The summed E-state index contributed by atoms with van der Waals surface area (Å²) in [5.41, 5.74) is 4.18. The lowest BCUT2D eigenvalue weighted by molar-refractivity contribution is 0.0966. The van der Waals surface area contributed by atoms with Gasteiger partial charge in [-0.3, -0.25) is 4.90 Å². The molecule has 2 aromatic heterocycles. The number of anilines is 1. The number of nitrogens with zero attached hydrogens (tertiary/aromatic N) is 4. The molecule has 2 N–H and O–H groups in total. The van der Waals surface area contributed by atoms with Crippen LogP contribution in [0.15, 0.2) is 36.7 Å². The number of nitrogens with one attached hydrogen (secondary N) is 2. The Kier molecular flexibility index (Phi) is 4.41. The zero-order valence-electron chi connectivity index (χ0n) is 16.4. The molecule has 2 aliphatic heterocycles. The van der Waals surface area contributed by atoms with Crippen molar-refractivity contribution in [1.29, 1.82) is 0 Å². The van der Waals surface area contributed by atoms with Gasteiger partial charge in [-0.25, -0.2) is 9.50 Å². The summed E-state index contributed by atoms with van der Waals surface area (Å²) in [4.78, 5) is 7.35. The van der Waals surface area contributed by atoms with E-state index in [1.54, 1.807) is 0 Å². The molecule has 3 aromatic rings. The van der Waals surface area contributed by atoms with Crippen molar-refractivity contribution in [3.8, 4) is 16.9 Å². The van der Waals surface area contributed by atoms with Gasteiger partial charge in [-0.05, 0) is 43.2 Å². The summed E-state index contributed by atoms with van der Waals surface area (Å²) in [5, 5.41) is 11.5. The van der Waals surface area contributed by atoms with Gasteiger partial charge in [0.2, 0.25) is 0 Å². The van der Waals surface area contributed by atoms with Crippen LogP contribution in [0.25, 0.3) is 16.8 Å². The molecule has 28 heavy (non-hydrogen) atoms. The van der Waals surface area contributed by atoms with E-state index >= 15 is 0 Å². The molecule has 0 amide bonds. The van der Waals surface area contributed by atoms with Gasteiger partial charge in [0.15, 0.2) is 5.65 Å². The predicted molar refractivity (Wildman–Crippen MR) is 110 cm³/mol. The number of ether oxygens (including phenoxy) is 1. The Morgan fingerprint density at radius 1 is 1.21 bits per heavy atom. The molecule has 146 valence electrons. The first-order valence-electron chi connectivity index (χ1n) is 9.97. The summed E-state index contributed by atoms with van der Waals surface area (Å²) >= 11 is 0. The largest absolute Gasteiger partial charge is 0.492 e. The Balaban J connectivity index is 1.57. The van der Waals surface area contributed by atoms with Gasteiger partial charge in [0.25, 0.3) is 0 Å². The molecule has 2 atom stereocenters. The Morgan fingerprint density at radius 3 is 3.07 bits per heavy atom. The lowest BCUT2D eigenvalue weighted by Gasteiger charge is -2.39. The van der Waals surface area contributed by atoms with E-state index in [-0.39, 0.29) is 0 Å². The van der Waals surface area contributed by atoms with Crippen LogP contribution in [0.4, 0.5) is 5.82 Å². The van der Waals surface area contributed by atoms with E-state index in [2.05, 4.69) is 52.7 Å². The number of aryl methyl sites for hydroxylation is 1. The second-order valence-corrected chi connectivity index (χ2v) is 7.81. The molecule has 1 saturated heterocycles. The molecular formula is C21H26N6O. The van der Waals surface area contributed by atoms with Crippen molar-refractivity contribution in [2.24, 2.45) is 0 Å². The minimum Gasteiger partial charge on any atom is -0.492 e. The first-order chi connectivity index (χ1) is 13.7. The number of rotatable bonds is 0. The highest BCUT2D eigenvalue weighted by atomic mass is 16.5. The average molecular weight is 378 g/mol. The van der Waals surface area contributed by atoms with Crippen LogP contribution in [0, 0.1) is 6.92 Å². The van der Waals surface area contributed by atoms with Gasteiger partial charge in [0, 0.05) is 44.0 Å². The summed E-state index contributed by atoms with van der Waals surface area (Å²) in [5.74, 6) is 1.78. The summed E-state index contributed by atoms with van der Waals surface area (Å²) in [6.45, 7) is 8.79. The molecular weight excluding hydrogens is 352 g/mol. The maximum atomic E-state index is 6.23. The Labute approximate surface area is 164 Å². The topological polar surface area (TPSA) is 66.7 Å². The van der Waals surface area contributed by atoms with Crippen molar-refractivity contribution in [3.05, 3.63) is 42.2 Å². The highest BCUT2D eigenvalue weighted by molar-refractivity contribution is 5.80.